The summed E-state index contributed by atoms with van der Waals surface area (Å²) in [6, 6.07) is 21.0. The van der Waals surface area contributed by atoms with Gasteiger partial charge >= 0.3 is 0 Å². The highest BCUT2D eigenvalue weighted by Gasteiger charge is 2.10. The average Bonchev–Trinajstić information content (AvgIpc) is 2.77. The molecule has 5 nitrogen and oxygen atoms in total. The van der Waals surface area contributed by atoms with E-state index in [0.717, 1.165) is 5.56 Å². The molecule has 0 aliphatic carbocycles. The van der Waals surface area contributed by atoms with E-state index in [0.29, 0.717) is 32.8 Å². The highest BCUT2D eigenvalue weighted by Crippen LogP contribution is 2.24. The zero-order valence-corrected chi connectivity index (χ0v) is 18.1. The maximum Gasteiger partial charge on any atom is 0.266 e. The fourth-order valence-electron chi connectivity index (χ4n) is 2.68. The molecule has 0 radical (unpaired) electrons. The molecule has 0 fully saturated rings. The lowest BCUT2D eigenvalue weighted by atomic mass is 10.1. The van der Waals surface area contributed by atoms with Crippen molar-refractivity contribution in [2.24, 2.45) is 0 Å². The normalized spacial score (nSPS) is 10.8. The summed E-state index contributed by atoms with van der Waals surface area (Å²) in [7, 11) is 1.56. The van der Waals surface area contributed by atoms with Gasteiger partial charge in [-0.05, 0) is 60.2 Å². The van der Waals surface area contributed by atoms with Gasteiger partial charge in [0.05, 0.1) is 7.11 Å². The molecule has 0 aliphatic rings. The van der Waals surface area contributed by atoms with Gasteiger partial charge in [0, 0.05) is 21.3 Å². The van der Waals surface area contributed by atoms with Crippen LogP contribution in [0.1, 0.15) is 11.1 Å². The van der Waals surface area contributed by atoms with Gasteiger partial charge < -0.3 is 14.8 Å². The maximum absolute atomic E-state index is 12.5. The molecule has 0 atom stereocenters. The van der Waals surface area contributed by atoms with Gasteiger partial charge in [0.25, 0.3) is 5.91 Å². The summed E-state index contributed by atoms with van der Waals surface area (Å²) in [5.41, 5.74) is 1.97. The summed E-state index contributed by atoms with van der Waals surface area (Å²) in [5, 5.41) is 13.2. The van der Waals surface area contributed by atoms with Crippen LogP contribution in [0, 0.1) is 11.3 Å². The van der Waals surface area contributed by atoms with E-state index in [9.17, 15) is 10.1 Å². The van der Waals surface area contributed by atoms with Gasteiger partial charge in [0.15, 0.2) is 0 Å². The van der Waals surface area contributed by atoms with E-state index < -0.39 is 5.91 Å². The van der Waals surface area contributed by atoms with E-state index in [4.69, 9.17) is 32.7 Å². The molecule has 0 spiro atoms. The highest BCUT2D eigenvalue weighted by molar-refractivity contribution is 6.35. The van der Waals surface area contributed by atoms with Gasteiger partial charge in [-0.1, -0.05) is 41.4 Å². The predicted molar refractivity (Wildman–Crippen MR) is 122 cm³/mol. The van der Waals surface area contributed by atoms with Crippen LogP contribution in [0.3, 0.4) is 0 Å². The Kier molecular flexibility index (Phi) is 7.55. The maximum atomic E-state index is 12.5. The summed E-state index contributed by atoms with van der Waals surface area (Å²) >= 11 is 12.1. The summed E-state index contributed by atoms with van der Waals surface area (Å²) in [5.74, 6) is 0.741. The summed E-state index contributed by atoms with van der Waals surface area (Å²) in [6.45, 7) is 0.256. The number of nitriles is 1. The topological polar surface area (TPSA) is 71.3 Å². The molecule has 1 N–H and O–H groups in total. The molecule has 0 saturated carbocycles. The van der Waals surface area contributed by atoms with E-state index in [1.54, 1.807) is 73.8 Å². The fourth-order valence-corrected chi connectivity index (χ4v) is 3.15. The number of ether oxygens (including phenoxy) is 2. The van der Waals surface area contributed by atoms with Crippen LogP contribution in [0.15, 0.2) is 72.3 Å². The van der Waals surface area contributed by atoms with Crippen LogP contribution in [0.25, 0.3) is 6.08 Å². The molecule has 1 amide bonds. The van der Waals surface area contributed by atoms with Crippen molar-refractivity contribution in [3.8, 4) is 17.6 Å². The molecule has 0 saturated heterocycles. The summed E-state index contributed by atoms with van der Waals surface area (Å²) in [4.78, 5) is 12.5. The fraction of sp³-hybridized carbons (Fsp3) is 0.0833. The van der Waals surface area contributed by atoms with Crippen molar-refractivity contribution in [3.05, 3.63) is 93.5 Å². The zero-order valence-electron chi connectivity index (χ0n) is 16.6. The lowest BCUT2D eigenvalue weighted by Crippen LogP contribution is -2.13. The van der Waals surface area contributed by atoms with Crippen LogP contribution in [-0.2, 0) is 11.4 Å². The lowest BCUT2D eigenvalue weighted by Gasteiger charge is -2.09. The summed E-state index contributed by atoms with van der Waals surface area (Å²) < 4.78 is 10.9. The third-order valence-electron chi connectivity index (χ3n) is 4.29. The molecule has 0 aliphatic heterocycles. The van der Waals surface area contributed by atoms with E-state index in [1.165, 1.54) is 6.08 Å². The SMILES string of the molecule is COc1ccc(NC(=O)/C(C#N)=C\c2cccc(OCc3ccc(Cl)cc3Cl)c2)cc1. The Balaban J connectivity index is 1.70. The minimum absolute atomic E-state index is 0.0336. The van der Waals surface area contributed by atoms with E-state index in [-0.39, 0.29) is 12.2 Å². The zero-order chi connectivity index (χ0) is 22.2. The summed E-state index contributed by atoms with van der Waals surface area (Å²) in [6.07, 6.45) is 1.50. The number of halogens is 2. The number of amides is 1. The largest absolute Gasteiger partial charge is 0.497 e. The Labute approximate surface area is 190 Å². The first-order valence-electron chi connectivity index (χ1n) is 9.22. The third-order valence-corrected chi connectivity index (χ3v) is 4.88. The predicted octanol–water partition coefficient (Wildman–Crippen LogP) is 6.13. The number of carbonyl (C=O) groups is 1. The minimum atomic E-state index is -0.507. The number of benzene rings is 3. The number of anilines is 1. The van der Waals surface area contributed by atoms with Gasteiger partial charge in [-0.25, -0.2) is 0 Å². The van der Waals surface area contributed by atoms with Crippen molar-refractivity contribution >= 4 is 40.9 Å². The van der Waals surface area contributed by atoms with E-state index >= 15 is 0 Å². The van der Waals surface area contributed by atoms with Crippen LogP contribution in [0.2, 0.25) is 10.0 Å². The minimum Gasteiger partial charge on any atom is -0.497 e. The second-order valence-electron chi connectivity index (χ2n) is 6.45. The number of nitrogens with one attached hydrogen (secondary N) is 1. The Morgan fingerprint density at radius 2 is 1.84 bits per heavy atom. The monoisotopic (exact) mass is 452 g/mol. The Hall–Kier alpha value is -3.46. The molecule has 3 aromatic rings. The van der Waals surface area contributed by atoms with E-state index in [1.807, 2.05) is 6.07 Å². The van der Waals surface area contributed by atoms with Crippen molar-refractivity contribution in [2.45, 2.75) is 6.61 Å². The molecule has 7 heteroatoms. The molecule has 0 heterocycles. The molecule has 3 rings (SSSR count). The first-order chi connectivity index (χ1) is 15.0. The smallest absolute Gasteiger partial charge is 0.266 e. The Morgan fingerprint density at radius 1 is 1.06 bits per heavy atom. The molecule has 31 heavy (non-hydrogen) atoms. The number of rotatable bonds is 7. The number of carbonyl (C=O) groups excluding carboxylic acids is 1. The van der Waals surface area contributed by atoms with Crippen LogP contribution in [-0.4, -0.2) is 13.0 Å². The molecular weight excluding hydrogens is 435 g/mol. The standard InChI is InChI=1S/C24H18Cl2N2O3/c1-30-21-9-7-20(8-10-21)28-24(29)18(14-27)11-16-3-2-4-22(12-16)31-15-17-5-6-19(25)13-23(17)26/h2-13H,15H2,1H3,(H,28,29)/b18-11-. The van der Waals surface area contributed by atoms with Crippen molar-refractivity contribution < 1.29 is 14.3 Å². The van der Waals surface area contributed by atoms with Crippen LogP contribution >= 0.6 is 23.2 Å². The number of nitrogens with zero attached hydrogens (tertiary/aromatic N) is 1. The molecule has 0 bridgehead atoms. The van der Waals surface area contributed by atoms with Gasteiger partial charge in [-0.15, -0.1) is 0 Å². The Morgan fingerprint density at radius 3 is 2.52 bits per heavy atom. The third kappa shape index (κ3) is 6.26. The van der Waals surface area contributed by atoms with Gasteiger partial charge in [0.2, 0.25) is 0 Å². The number of hydrogen-bond donors (Lipinski definition) is 1. The quantitative estimate of drug-likeness (QED) is 0.345. The van der Waals surface area contributed by atoms with Gasteiger partial charge in [0.1, 0.15) is 29.7 Å². The molecule has 0 unspecified atom stereocenters. The first-order valence-corrected chi connectivity index (χ1v) is 9.98. The highest BCUT2D eigenvalue weighted by atomic mass is 35.5. The second kappa shape index (κ2) is 10.5. The molecular formula is C24H18Cl2N2O3. The van der Waals surface area contributed by atoms with E-state index in [2.05, 4.69) is 5.32 Å². The average molecular weight is 453 g/mol. The lowest BCUT2D eigenvalue weighted by molar-refractivity contribution is -0.112. The van der Waals surface area contributed by atoms with Crippen LogP contribution in [0.4, 0.5) is 5.69 Å². The van der Waals surface area contributed by atoms with Crippen molar-refractivity contribution in [3.63, 3.8) is 0 Å². The van der Waals surface area contributed by atoms with Crippen molar-refractivity contribution in [1.82, 2.24) is 0 Å². The first kappa shape index (κ1) is 22.2. The van der Waals surface area contributed by atoms with Gasteiger partial charge in [-0.2, -0.15) is 5.26 Å². The molecule has 156 valence electrons. The van der Waals surface area contributed by atoms with Crippen molar-refractivity contribution in [2.75, 3.05) is 12.4 Å². The Bertz CT molecular complexity index is 1150. The molecule has 0 aromatic heterocycles. The number of methoxy groups -OCH3 is 1. The van der Waals surface area contributed by atoms with Gasteiger partial charge in [-0.3, -0.25) is 4.79 Å². The second-order valence-corrected chi connectivity index (χ2v) is 7.29. The van der Waals surface area contributed by atoms with Crippen LogP contribution in [0.5, 0.6) is 11.5 Å². The van der Waals surface area contributed by atoms with Crippen LogP contribution < -0.4 is 14.8 Å². The number of hydrogen-bond acceptors (Lipinski definition) is 4. The van der Waals surface area contributed by atoms with Crippen molar-refractivity contribution in [1.29, 1.82) is 5.26 Å². The molecule has 3 aromatic carbocycles.